The lowest BCUT2D eigenvalue weighted by Crippen LogP contribution is -2.50. The molecule has 20 heavy (non-hydrogen) atoms. The summed E-state index contributed by atoms with van der Waals surface area (Å²) in [5, 5.41) is 4.91. The molecule has 3 aliphatic rings. The molecule has 0 aromatic carbocycles. The van der Waals surface area contributed by atoms with Gasteiger partial charge in [0.25, 0.3) is 5.91 Å². The molecule has 0 bridgehead atoms. The Morgan fingerprint density at radius 1 is 1.35 bits per heavy atom. The minimum Gasteiger partial charge on any atom is -0.339 e. The molecular formula is C13H20N4O3. The SMILES string of the molecule is NC1CCCC(C(=O)N2CCC3(C2)NC(=O)NC3=O)C1. The van der Waals surface area contributed by atoms with E-state index in [1.165, 1.54) is 0 Å². The second-order valence-electron chi connectivity index (χ2n) is 6.12. The highest BCUT2D eigenvalue weighted by Crippen LogP contribution is 2.30. The van der Waals surface area contributed by atoms with Crippen LogP contribution in [0.2, 0.25) is 0 Å². The number of nitrogens with two attached hydrogens (primary N) is 1. The number of urea groups is 1. The molecule has 1 spiro atoms. The number of imide groups is 1. The van der Waals surface area contributed by atoms with E-state index in [9.17, 15) is 14.4 Å². The van der Waals surface area contributed by atoms with Gasteiger partial charge in [-0.25, -0.2) is 4.79 Å². The maximum atomic E-state index is 12.5. The lowest BCUT2D eigenvalue weighted by atomic mass is 9.85. The highest BCUT2D eigenvalue weighted by atomic mass is 16.2. The fraction of sp³-hybridized carbons (Fsp3) is 0.769. The molecule has 0 radical (unpaired) electrons. The summed E-state index contributed by atoms with van der Waals surface area (Å²) < 4.78 is 0. The van der Waals surface area contributed by atoms with Crippen LogP contribution in [0.25, 0.3) is 0 Å². The van der Waals surface area contributed by atoms with Crippen molar-refractivity contribution < 1.29 is 14.4 Å². The molecule has 0 aromatic rings. The Bertz CT molecular complexity index is 467. The van der Waals surface area contributed by atoms with E-state index in [0.29, 0.717) is 13.0 Å². The van der Waals surface area contributed by atoms with Crippen LogP contribution in [0.3, 0.4) is 0 Å². The molecule has 3 unspecified atom stereocenters. The molecule has 0 aromatic heterocycles. The van der Waals surface area contributed by atoms with Crippen molar-refractivity contribution in [2.45, 2.75) is 43.7 Å². The molecule has 1 aliphatic carbocycles. The van der Waals surface area contributed by atoms with Gasteiger partial charge in [0, 0.05) is 18.5 Å². The Morgan fingerprint density at radius 3 is 2.80 bits per heavy atom. The Labute approximate surface area is 117 Å². The lowest BCUT2D eigenvalue weighted by molar-refractivity contribution is -0.136. The summed E-state index contributed by atoms with van der Waals surface area (Å²) in [6, 6.07) is -0.368. The van der Waals surface area contributed by atoms with Crippen LogP contribution in [0.4, 0.5) is 4.79 Å². The average Bonchev–Trinajstić information content (AvgIpc) is 2.94. The van der Waals surface area contributed by atoms with E-state index in [2.05, 4.69) is 10.6 Å². The van der Waals surface area contributed by atoms with E-state index in [1.807, 2.05) is 0 Å². The summed E-state index contributed by atoms with van der Waals surface area (Å²) in [4.78, 5) is 37.3. The molecule has 2 aliphatic heterocycles. The molecule has 7 nitrogen and oxygen atoms in total. The number of hydrogen-bond acceptors (Lipinski definition) is 4. The molecule has 1 saturated carbocycles. The predicted octanol–water partition coefficient (Wildman–Crippen LogP) is -0.686. The summed E-state index contributed by atoms with van der Waals surface area (Å²) in [6.45, 7) is 0.785. The van der Waals surface area contributed by atoms with Crippen molar-refractivity contribution in [2.75, 3.05) is 13.1 Å². The molecule has 2 heterocycles. The van der Waals surface area contributed by atoms with Gasteiger partial charge in [0.2, 0.25) is 5.91 Å². The number of carbonyl (C=O) groups excluding carboxylic acids is 3. The standard InChI is InChI=1S/C13H20N4O3/c14-9-3-1-2-8(6-9)10(18)17-5-4-13(7-17)11(19)15-12(20)16-13/h8-9H,1-7,14H2,(H2,15,16,19,20). The average molecular weight is 280 g/mol. The van der Waals surface area contributed by atoms with Crippen molar-refractivity contribution in [3.8, 4) is 0 Å². The fourth-order valence-electron chi connectivity index (χ4n) is 3.52. The third-order valence-corrected chi connectivity index (χ3v) is 4.66. The smallest absolute Gasteiger partial charge is 0.322 e. The fourth-order valence-corrected chi connectivity index (χ4v) is 3.52. The van der Waals surface area contributed by atoms with Crippen LogP contribution in [0.1, 0.15) is 32.1 Å². The van der Waals surface area contributed by atoms with E-state index in [1.54, 1.807) is 4.90 Å². The molecule has 110 valence electrons. The Hall–Kier alpha value is -1.63. The molecule has 3 atom stereocenters. The number of hydrogen-bond donors (Lipinski definition) is 3. The summed E-state index contributed by atoms with van der Waals surface area (Å²) in [5.74, 6) is -0.279. The third-order valence-electron chi connectivity index (χ3n) is 4.66. The van der Waals surface area contributed by atoms with E-state index < -0.39 is 11.6 Å². The van der Waals surface area contributed by atoms with Crippen LogP contribution in [-0.4, -0.2) is 47.4 Å². The van der Waals surface area contributed by atoms with Crippen molar-refractivity contribution >= 4 is 17.8 Å². The van der Waals surface area contributed by atoms with Crippen molar-refractivity contribution in [1.82, 2.24) is 15.5 Å². The van der Waals surface area contributed by atoms with Crippen molar-refractivity contribution in [2.24, 2.45) is 11.7 Å². The number of nitrogens with zero attached hydrogens (tertiary/aromatic N) is 1. The molecular weight excluding hydrogens is 260 g/mol. The van der Waals surface area contributed by atoms with Crippen molar-refractivity contribution in [3.05, 3.63) is 0 Å². The van der Waals surface area contributed by atoms with Crippen LogP contribution >= 0.6 is 0 Å². The zero-order valence-electron chi connectivity index (χ0n) is 11.4. The van der Waals surface area contributed by atoms with Gasteiger partial charge < -0.3 is 16.0 Å². The van der Waals surface area contributed by atoms with Gasteiger partial charge in [0.1, 0.15) is 5.54 Å². The first-order chi connectivity index (χ1) is 9.50. The topological polar surface area (TPSA) is 105 Å². The Kier molecular flexibility index (Phi) is 3.16. The van der Waals surface area contributed by atoms with Crippen LogP contribution in [0.15, 0.2) is 0 Å². The monoisotopic (exact) mass is 280 g/mol. The Balaban J connectivity index is 1.66. The first-order valence-corrected chi connectivity index (χ1v) is 7.18. The first-order valence-electron chi connectivity index (χ1n) is 7.18. The van der Waals surface area contributed by atoms with Crippen LogP contribution < -0.4 is 16.4 Å². The Morgan fingerprint density at radius 2 is 2.15 bits per heavy atom. The molecule has 7 heteroatoms. The van der Waals surface area contributed by atoms with Gasteiger partial charge in [-0.15, -0.1) is 0 Å². The van der Waals surface area contributed by atoms with Gasteiger partial charge >= 0.3 is 6.03 Å². The van der Waals surface area contributed by atoms with Gasteiger partial charge in [-0.1, -0.05) is 6.42 Å². The maximum Gasteiger partial charge on any atom is 0.322 e. The van der Waals surface area contributed by atoms with Gasteiger partial charge in [-0.05, 0) is 25.7 Å². The minimum absolute atomic E-state index is 0.0333. The van der Waals surface area contributed by atoms with Crippen LogP contribution in [0, 0.1) is 5.92 Å². The highest BCUT2D eigenvalue weighted by Gasteiger charge is 2.52. The van der Waals surface area contributed by atoms with E-state index in [0.717, 1.165) is 25.7 Å². The van der Waals surface area contributed by atoms with Crippen molar-refractivity contribution in [3.63, 3.8) is 0 Å². The highest BCUT2D eigenvalue weighted by molar-refractivity contribution is 6.07. The zero-order chi connectivity index (χ0) is 14.3. The van der Waals surface area contributed by atoms with Gasteiger partial charge in [-0.3, -0.25) is 14.9 Å². The van der Waals surface area contributed by atoms with Crippen LogP contribution in [0.5, 0.6) is 0 Å². The molecule has 4 N–H and O–H groups in total. The van der Waals surface area contributed by atoms with Gasteiger partial charge in [-0.2, -0.15) is 0 Å². The summed E-state index contributed by atoms with van der Waals surface area (Å²) in [6.07, 6.45) is 4.03. The zero-order valence-corrected chi connectivity index (χ0v) is 11.4. The third kappa shape index (κ3) is 2.15. The van der Waals surface area contributed by atoms with Gasteiger partial charge in [0.05, 0.1) is 6.54 Å². The number of nitrogens with one attached hydrogen (secondary N) is 2. The number of amides is 4. The number of carbonyl (C=O) groups is 3. The van der Waals surface area contributed by atoms with Gasteiger partial charge in [0.15, 0.2) is 0 Å². The van der Waals surface area contributed by atoms with E-state index in [4.69, 9.17) is 5.73 Å². The molecule has 2 saturated heterocycles. The lowest BCUT2D eigenvalue weighted by Gasteiger charge is -2.30. The maximum absolute atomic E-state index is 12.5. The normalized spacial score (nSPS) is 37.1. The quantitative estimate of drug-likeness (QED) is 0.553. The van der Waals surface area contributed by atoms with Crippen LogP contribution in [-0.2, 0) is 9.59 Å². The molecule has 3 fully saturated rings. The largest absolute Gasteiger partial charge is 0.339 e. The number of likely N-dealkylation sites (tertiary alicyclic amines) is 1. The summed E-state index contributed by atoms with van der Waals surface area (Å²) >= 11 is 0. The molecule has 4 amide bonds. The van der Waals surface area contributed by atoms with Crippen molar-refractivity contribution in [1.29, 1.82) is 0 Å². The summed E-state index contributed by atoms with van der Waals surface area (Å²) in [5.41, 5.74) is 5.01. The molecule has 3 rings (SSSR count). The van der Waals surface area contributed by atoms with E-state index in [-0.39, 0.29) is 30.3 Å². The van der Waals surface area contributed by atoms with E-state index >= 15 is 0 Å². The summed E-state index contributed by atoms with van der Waals surface area (Å²) in [7, 11) is 0. The minimum atomic E-state index is -0.913. The first kappa shape index (κ1) is 13.4. The number of rotatable bonds is 1. The second-order valence-corrected chi connectivity index (χ2v) is 6.12. The second kappa shape index (κ2) is 4.73. The predicted molar refractivity (Wildman–Crippen MR) is 70.5 cm³/mol.